The number of benzene rings is 1. The van der Waals surface area contributed by atoms with Crippen molar-refractivity contribution in [3.8, 4) is 0 Å². The second kappa shape index (κ2) is 6.50. The minimum Gasteiger partial charge on any atom is -0.373 e. The van der Waals surface area contributed by atoms with E-state index in [2.05, 4.69) is 15.9 Å². The highest BCUT2D eigenvalue weighted by atomic mass is 79.9. The lowest BCUT2D eigenvalue weighted by molar-refractivity contribution is 0.0500. The summed E-state index contributed by atoms with van der Waals surface area (Å²) in [6, 6.07) is 6.84. The molecule has 1 aromatic carbocycles. The molecule has 0 aromatic heterocycles. The van der Waals surface area contributed by atoms with Crippen molar-refractivity contribution in [2.75, 3.05) is 11.9 Å². The van der Waals surface area contributed by atoms with Gasteiger partial charge in [-0.3, -0.25) is 0 Å². The maximum absolute atomic E-state index is 13.6. The number of rotatable bonds is 6. The maximum Gasteiger partial charge on any atom is 0.129 e. The van der Waals surface area contributed by atoms with Gasteiger partial charge in [0.15, 0.2) is 0 Å². The molecule has 3 heteroatoms. The van der Waals surface area contributed by atoms with Crippen LogP contribution in [0, 0.1) is 11.7 Å². The van der Waals surface area contributed by atoms with Crippen LogP contribution in [-0.2, 0) is 4.74 Å². The summed E-state index contributed by atoms with van der Waals surface area (Å²) < 4.78 is 19.4. The van der Waals surface area contributed by atoms with Gasteiger partial charge in [0.05, 0.1) is 6.10 Å². The molecule has 2 rings (SSSR count). The predicted molar refractivity (Wildman–Crippen MR) is 70.8 cm³/mol. The van der Waals surface area contributed by atoms with Crippen LogP contribution in [0.4, 0.5) is 4.39 Å². The van der Waals surface area contributed by atoms with E-state index in [0.29, 0.717) is 10.9 Å². The molecule has 0 amide bonds. The molecule has 0 N–H and O–H groups in total. The average Bonchev–Trinajstić information content (AvgIpc) is 2.28. The number of hydrogen-bond acceptors (Lipinski definition) is 1. The molecule has 0 spiro atoms. The smallest absolute Gasteiger partial charge is 0.129 e. The Morgan fingerprint density at radius 1 is 1.35 bits per heavy atom. The van der Waals surface area contributed by atoms with Gasteiger partial charge in [-0.15, -0.1) is 0 Å². The van der Waals surface area contributed by atoms with Gasteiger partial charge >= 0.3 is 0 Å². The molecule has 1 aliphatic rings. The first-order valence-corrected chi connectivity index (χ1v) is 7.35. The monoisotopic (exact) mass is 300 g/mol. The number of ether oxygens (including phenoxy) is 1. The Morgan fingerprint density at radius 3 is 2.71 bits per heavy atom. The number of alkyl halides is 1. The van der Waals surface area contributed by atoms with Crippen molar-refractivity contribution in [1.82, 2.24) is 0 Å². The molecule has 1 atom stereocenters. The summed E-state index contributed by atoms with van der Waals surface area (Å²) in [6.45, 7) is 0.731. The third-order valence-corrected chi connectivity index (χ3v) is 4.05. The Balaban J connectivity index is 1.85. The van der Waals surface area contributed by atoms with Gasteiger partial charge in [0, 0.05) is 17.5 Å². The quantitative estimate of drug-likeness (QED) is 0.704. The molecule has 1 nitrogen and oxygen atoms in total. The van der Waals surface area contributed by atoms with Gasteiger partial charge < -0.3 is 4.74 Å². The van der Waals surface area contributed by atoms with Gasteiger partial charge in [-0.25, -0.2) is 4.39 Å². The molecule has 1 saturated carbocycles. The fraction of sp³-hybridized carbons (Fsp3) is 0.571. The van der Waals surface area contributed by atoms with Crippen molar-refractivity contribution >= 4 is 15.9 Å². The van der Waals surface area contributed by atoms with Crippen molar-refractivity contribution in [2.24, 2.45) is 5.92 Å². The Hall–Kier alpha value is -0.410. The molecular weight excluding hydrogens is 283 g/mol. The molecule has 1 aliphatic carbocycles. The zero-order valence-corrected chi connectivity index (χ0v) is 11.5. The normalized spacial score (nSPS) is 17.8. The molecule has 0 bridgehead atoms. The van der Waals surface area contributed by atoms with Crippen LogP contribution in [0.25, 0.3) is 0 Å². The van der Waals surface area contributed by atoms with Crippen molar-refractivity contribution < 1.29 is 9.13 Å². The summed E-state index contributed by atoms with van der Waals surface area (Å²) in [5.74, 6) is 0.659. The van der Waals surface area contributed by atoms with Crippen LogP contribution in [0.15, 0.2) is 24.3 Å². The maximum atomic E-state index is 13.6. The molecule has 17 heavy (non-hydrogen) atoms. The van der Waals surface area contributed by atoms with Crippen LogP contribution in [0.1, 0.15) is 37.4 Å². The summed E-state index contributed by atoms with van der Waals surface area (Å²) in [7, 11) is 0. The van der Waals surface area contributed by atoms with Gasteiger partial charge in [0.1, 0.15) is 5.82 Å². The topological polar surface area (TPSA) is 9.23 Å². The summed E-state index contributed by atoms with van der Waals surface area (Å²) in [5, 5.41) is 0.638. The SMILES string of the molecule is Fc1ccccc1C(CBr)OCCC1CCC1. The minimum atomic E-state index is -0.180. The van der Waals surface area contributed by atoms with Gasteiger partial charge in [-0.05, 0) is 18.4 Å². The van der Waals surface area contributed by atoms with Gasteiger partial charge in [0.25, 0.3) is 0 Å². The Morgan fingerprint density at radius 2 is 2.12 bits per heavy atom. The summed E-state index contributed by atoms with van der Waals surface area (Å²) in [4.78, 5) is 0. The highest BCUT2D eigenvalue weighted by molar-refractivity contribution is 9.09. The molecule has 94 valence electrons. The van der Waals surface area contributed by atoms with Gasteiger partial charge in [-0.1, -0.05) is 53.4 Å². The predicted octanol–water partition coefficient (Wildman–Crippen LogP) is 4.47. The third kappa shape index (κ3) is 3.52. The molecule has 0 radical (unpaired) electrons. The standard InChI is InChI=1S/C14H18BrFO/c15-10-14(12-6-1-2-7-13(12)16)17-9-8-11-4-3-5-11/h1-2,6-7,11,14H,3-5,8-10H2. The Bertz CT molecular complexity index is 352. The molecular formula is C14H18BrFO. The molecule has 0 saturated heterocycles. The fourth-order valence-electron chi connectivity index (χ4n) is 2.11. The van der Waals surface area contributed by atoms with E-state index < -0.39 is 0 Å². The van der Waals surface area contributed by atoms with E-state index in [9.17, 15) is 4.39 Å². The number of halogens is 2. The van der Waals surface area contributed by atoms with E-state index >= 15 is 0 Å². The minimum absolute atomic E-state index is 0.170. The lowest BCUT2D eigenvalue weighted by Crippen LogP contribution is -2.16. The van der Waals surface area contributed by atoms with Crippen molar-refractivity contribution in [3.05, 3.63) is 35.6 Å². The second-order valence-electron chi connectivity index (χ2n) is 4.62. The first-order valence-electron chi connectivity index (χ1n) is 6.23. The Kier molecular flexibility index (Phi) is 4.99. The largest absolute Gasteiger partial charge is 0.373 e. The van der Waals surface area contributed by atoms with Gasteiger partial charge in [0.2, 0.25) is 0 Å². The van der Waals surface area contributed by atoms with Crippen LogP contribution < -0.4 is 0 Å². The highest BCUT2D eigenvalue weighted by Gasteiger charge is 2.19. The molecule has 1 unspecified atom stereocenters. The molecule has 1 aromatic rings. The van der Waals surface area contributed by atoms with Crippen molar-refractivity contribution in [1.29, 1.82) is 0 Å². The van der Waals surface area contributed by atoms with Crippen LogP contribution in [-0.4, -0.2) is 11.9 Å². The lowest BCUT2D eigenvalue weighted by Gasteiger charge is -2.26. The van der Waals surface area contributed by atoms with Crippen LogP contribution in [0.3, 0.4) is 0 Å². The third-order valence-electron chi connectivity index (χ3n) is 3.46. The fourth-order valence-corrected chi connectivity index (χ4v) is 2.65. The van der Waals surface area contributed by atoms with E-state index in [4.69, 9.17) is 4.74 Å². The highest BCUT2D eigenvalue weighted by Crippen LogP contribution is 2.30. The summed E-state index contributed by atoms with van der Waals surface area (Å²) in [6.07, 6.45) is 4.97. The van der Waals surface area contributed by atoms with Crippen molar-refractivity contribution in [2.45, 2.75) is 31.8 Å². The summed E-state index contributed by atoms with van der Waals surface area (Å²) in [5.41, 5.74) is 0.651. The summed E-state index contributed by atoms with van der Waals surface area (Å²) >= 11 is 3.39. The zero-order chi connectivity index (χ0) is 12.1. The van der Waals surface area contributed by atoms with Gasteiger partial charge in [-0.2, -0.15) is 0 Å². The lowest BCUT2D eigenvalue weighted by atomic mass is 9.83. The van der Waals surface area contributed by atoms with E-state index in [-0.39, 0.29) is 11.9 Å². The van der Waals surface area contributed by atoms with Crippen LogP contribution in [0.5, 0.6) is 0 Å². The molecule has 1 fully saturated rings. The Labute approximate surface area is 110 Å². The zero-order valence-electron chi connectivity index (χ0n) is 9.87. The first-order chi connectivity index (χ1) is 8.31. The second-order valence-corrected chi connectivity index (χ2v) is 5.27. The number of hydrogen-bond donors (Lipinski definition) is 0. The van der Waals surface area contributed by atoms with E-state index in [1.165, 1.54) is 25.3 Å². The van der Waals surface area contributed by atoms with E-state index in [1.54, 1.807) is 12.1 Å². The van der Waals surface area contributed by atoms with E-state index in [0.717, 1.165) is 18.9 Å². The van der Waals surface area contributed by atoms with Crippen molar-refractivity contribution in [3.63, 3.8) is 0 Å². The van der Waals surface area contributed by atoms with E-state index in [1.807, 2.05) is 6.07 Å². The first kappa shape index (κ1) is 13.0. The van der Waals surface area contributed by atoms with Crippen LogP contribution >= 0.6 is 15.9 Å². The molecule has 0 aliphatic heterocycles. The molecule has 0 heterocycles. The average molecular weight is 301 g/mol. The van der Waals surface area contributed by atoms with Crippen LogP contribution in [0.2, 0.25) is 0 Å².